The highest BCUT2D eigenvalue weighted by Crippen LogP contribution is 2.40. The van der Waals surface area contributed by atoms with E-state index in [1.807, 2.05) is 0 Å². The van der Waals surface area contributed by atoms with E-state index >= 15 is 0 Å². The SMILES string of the molecule is COC1CCC(N(C(=O)C2CCC(C)CC2)c2ccc(Oc3ncc(Cc4ccccn4)cc3C(F)(F)F)cc2C(=O)O)CC1. The predicted octanol–water partition coefficient (Wildman–Crippen LogP) is 7.69. The molecule has 0 radical (unpaired) electrons. The van der Waals surface area contributed by atoms with Crippen molar-refractivity contribution in [2.24, 2.45) is 11.8 Å². The van der Waals surface area contributed by atoms with E-state index in [0.29, 0.717) is 30.0 Å². The van der Waals surface area contributed by atoms with E-state index in [2.05, 4.69) is 16.9 Å². The summed E-state index contributed by atoms with van der Waals surface area (Å²) in [5.74, 6) is -1.94. The molecule has 11 heteroatoms. The number of nitrogens with zero attached hydrogens (tertiary/aromatic N) is 3. The molecule has 2 aromatic heterocycles. The Morgan fingerprint density at radius 2 is 1.71 bits per heavy atom. The van der Waals surface area contributed by atoms with Gasteiger partial charge in [0.15, 0.2) is 0 Å². The summed E-state index contributed by atoms with van der Waals surface area (Å²) in [6.07, 6.45) is 4.37. The minimum absolute atomic E-state index is 0.0779. The molecule has 5 rings (SSSR count). The van der Waals surface area contributed by atoms with Crippen molar-refractivity contribution in [2.75, 3.05) is 12.0 Å². The van der Waals surface area contributed by atoms with Crippen LogP contribution in [0.15, 0.2) is 54.9 Å². The summed E-state index contributed by atoms with van der Waals surface area (Å²) < 4.78 is 53.5. The molecule has 0 spiro atoms. The van der Waals surface area contributed by atoms with Crippen molar-refractivity contribution in [1.82, 2.24) is 9.97 Å². The second-order valence-electron chi connectivity index (χ2n) is 12.1. The van der Waals surface area contributed by atoms with Crippen molar-refractivity contribution in [3.63, 3.8) is 0 Å². The van der Waals surface area contributed by atoms with E-state index in [-0.39, 0.29) is 47.4 Å². The third-order valence-corrected chi connectivity index (χ3v) is 8.94. The largest absolute Gasteiger partial charge is 0.478 e. The van der Waals surface area contributed by atoms with Gasteiger partial charge in [-0.25, -0.2) is 9.78 Å². The average Bonchev–Trinajstić information content (AvgIpc) is 3.03. The number of carbonyl (C=O) groups is 2. The van der Waals surface area contributed by atoms with Crippen LogP contribution in [0.5, 0.6) is 11.6 Å². The number of methoxy groups -OCH3 is 1. The molecule has 0 aliphatic heterocycles. The Morgan fingerprint density at radius 1 is 0.978 bits per heavy atom. The molecule has 0 unspecified atom stereocenters. The molecule has 2 saturated carbocycles. The fraction of sp³-hybridized carbons (Fsp3) is 0.471. The normalized spacial score (nSPS) is 22.1. The van der Waals surface area contributed by atoms with Crippen LogP contribution in [0, 0.1) is 11.8 Å². The molecular formula is C34H38F3N3O5. The molecule has 1 N–H and O–H groups in total. The minimum atomic E-state index is -4.78. The van der Waals surface area contributed by atoms with Crippen molar-refractivity contribution in [1.29, 1.82) is 0 Å². The molecule has 2 heterocycles. The maximum atomic E-state index is 14.1. The number of carboxylic acids is 1. The standard InChI is InChI=1S/C34H38F3N3O5/c1-21-6-8-23(9-7-21)32(41)40(25-10-12-26(44-2)13-11-25)30-15-14-27(19-28(30)33(42)43)45-31-29(34(35,36)37)18-22(20-39-31)17-24-5-3-4-16-38-24/h3-5,14-16,18-21,23,25-26H,6-13,17H2,1-2H3,(H,42,43). The summed E-state index contributed by atoms with van der Waals surface area (Å²) in [4.78, 5) is 36.4. The first-order valence-corrected chi connectivity index (χ1v) is 15.4. The number of alkyl halides is 3. The number of carboxylic acid groups (broad SMARTS) is 1. The highest BCUT2D eigenvalue weighted by molar-refractivity contribution is 6.03. The lowest BCUT2D eigenvalue weighted by molar-refractivity contribution is -0.139. The highest BCUT2D eigenvalue weighted by atomic mass is 19.4. The molecule has 8 nitrogen and oxygen atoms in total. The molecule has 0 bridgehead atoms. The molecule has 2 fully saturated rings. The highest BCUT2D eigenvalue weighted by Gasteiger charge is 2.38. The molecule has 3 aromatic rings. The van der Waals surface area contributed by atoms with Crippen LogP contribution < -0.4 is 9.64 Å². The number of anilines is 1. The zero-order chi connectivity index (χ0) is 32.1. The predicted molar refractivity (Wildman–Crippen MR) is 161 cm³/mol. The van der Waals surface area contributed by atoms with Gasteiger partial charge in [-0.2, -0.15) is 13.2 Å². The minimum Gasteiger partial charge on any atom is -0.478 e. The van der Waals surface area contributed by atoms with E-state index < -0.39 is 23.6 Å². The smallest absolute Gasteiger partial charge is 0.421 e. The molecule has 1 amide bonds. The van der Waals surface area contributed by atoms with Crippen molar-refractivity contribution in [3.05, 3.63) is 77.2 Å². The van der Waals surface area contributed by atoms with Crippen LogP contribution in [0.3, 0.4) is 0 Å². The maximum Gasteiger partial charge on any atom is 0.421 e. The fourth-order valence-electron chi connectivity index (χ4n) is 6.40. The lowest BCUT2D eigenvalue weighted by Crippen LogP contribution is -2.47. The number of aromatic nitrogens is 2. The summed E-state index contributed by atoms with van der Waals surface area (Å²) in [6, 6.07) is 9.95. The third kappa shape index (κ3) is 7.81. The molecule has 1 aromatic carbocycles. The summed E-state index contributed by atoms with van der Waals surface area (Å²) >= 11 is 0. The van der Waals surface area contributed by atoms with Gasteiger partial charge in [0, 0.05) is 43.6 Å². The summed E-state index contributed by atoms with van der Waals surface area (Å²) in [6.45, 7) is 2.17. The molecule has 240 valence electrons. The Balaban J connectivity index is 1.46. The summed E-state index contributed by atoms with van der Waals surface area (Å²) in [5.41, 5.74) is -0.215. The van der Waals surface area contributed by atoms with Gasteiger partial charge in [0.05, 0.1) is 17.4 Å². The van der Waals surface area contributed by atoms with Crippen LogP contribution in [0.1, 0.15) is 85.5 Å². The number of amides is 1. The summed E-state index contributed by atoms with van der Waals surface area (Å²) in [5, 5.41) is 10.3. The fourth-order valence-corrected chi connectivity index (χ4v) is 6.40. The Morgan fingerprint density at radius 3 is 2.33 bits per heavy atom. The molecule has 2 aliphatic carbocycles. The number of pyridine rings is 2. The van der Waals surface area contributed by atoms with Gasteiger partial charge in [0.25, 0.3) is 0 Å². The third-order valence-electron chi connectivity index (χ3n) is 8.94. The maximum absolute atomic E-state index is 14.1. The van der Waals surface area contributed by atoms with E-state index in [9.17, 15) is 27.9 Å². The van der Waals surface area contributed by atoms with Crippen LogP contribution in [0.4, 0.5) is 18.9 Å². The molecule has 0 saturated heterocycles. The number of rotatable bonds is 9. The van der Waals surface area contributed by atoms with Crippen molar-refractivity contribution < 1.29 is 37.3 Å². The van der Waals surface area contributed by atoms with Crippen molar-refractivity contribution in [2.45, 2.75) is 83.0 Å². The zero-order valence-electron chi connectivity index (χ0n) is 25.4. The van der Waals surface area contributed by atoms with Crippen LogP contribution in [0.25, 0.3) is 0 Å². The Kier molecular flexibility index (Phi) is 10.1. The monoisotopic (exact) mass is 625 g/mol. The number of hydrogen-bond donors (Lipinski definition) is 1. The van der Waals surface area contributed by atoms with Crippen LogP contribution in [0.2, 0.25) is 0 Å². The second-order valence-corrected chi connectivity index (χ2v) is 12.1. The van der Waals surface area contributed by atoms with Crippen molar-refractivity contribution >= 4 is 17.6 Å². The van der Waals surface area contributed by atoms with Gasteiger partial charge in [0.1, 0.15) is 11.3 Å². The first-order valence-electron chi connectivity index (χ1n) is 15.4. The number of halogens is 3. The summed E-state index contributed by atoms with van der Waals surface area (Å²) in [7, 11) is 1.66. The van der Waals surface area contributed by atoms with Crippen LogP contribution in [-0.4, -0.2) is 46.2 Å². The van der Waals surface area contributed by atoms with Gasteiger partial charge in [-0.1, -0.05) is 13.0 Å². The first-order chi connectivity index (χ1) is 21.5. The second kappa shape index (κ2) is 14.0. The quantitative estimate of drug-likeness (QED) is 0.260. The Hall–Kier alpha value is -3.99. The molecule has 0 atom stereocenters. The van der Waals surface area contributed by atoms with Gasteiger partial charge in [0.2, 0.25) is 11.8 Å². The Bertz CT molecular complexity index is 1480. The van der Waals surface area contributed by atoms with Gasteiger partial charge in [-0.05, 0) is 99.2 Å². The van der Waals surface area contributed by atoms with Crippen molar-refractivity contribution in [3.8, 4) is 11.6 Å². The average molecular weight is 626 g/mol. The topological polar surface area (TPSA) is 102 Å². The van der Waals surface area contributed by atoms with E-state index in [1.165, 1.54) is 24.4 Å². The first kappa shape index (κ1) is 32.4. The van der Waals surface area contributed by atoms with E-state index in [1.54, 1.807) is 36.4 Å². The van der Waals surface area contributed by atoms with Crippen LogP contribution >= 0.6 is 0 Å². The molecule has 2 aliphatic rings. The lowest BCUT2D eigenvalue weighted by Gasteiger charge is -2.40. The van der Waals surface area contributed by atoms with Gasteiger partial charge in [-0.15, -0.1) is 0 Å². The van der Waals surface area contributed by atoms with Gasteiger partial charge < -0.3 is 19.5 Å². The molecular weight excluding hydrogens is 587 g/mol. The Labute approximate surface area is 260 Å². The lowest BCUT2D eigenvalue weighted by atomic mass is 9.81. The van der Waals surface area contributed by atoms with E-state index in [4.69, 9.17) is 9.47 Å². The van der Waals surface area contributed by atoms with Crippen LogP contribution in [-0.2, 0) is 22.1 Å². The number of hydrogen-bond acceptors (Lipinski definition) is 6. The molecule has 45 heavy (non-hydrogen) atoms. The number of ether oxygens (including phenoxy) is 2. The van der Waals surface area contributed by atoms with E-state index in [0.717, 1.165) is 44.6 Å². The van der Waals surface area contributed by atoms with Gasteiger partial charge >= 0.3 is 12.1 Å². The number of carbonyl (C=O) groups excluding carboxylic acids is 1. The number of benzene rings is 1. The number of aromatic carboxylic acids is 1. The zero-order valence-corrected chi connectivity index (χ0v) is 25.4. The van der Waals surface area contributed by atoms with Gasteiger partial charge in [-0.3, -0.25) is 9.78 Å².